The summed E-state index contributed by atoms with van der Waals surface area (Å²) in [6.07, 6.45) is -14.3. The fourth-order valence-corrected chi connectivity index (χ4v) is 3.42. The number of rotatable bonds is 7. The Balaban J connectivity index is 0.00000400. The fourth-order valence-electron chi connectivity index (χ4n) is 3.42. The largest absolute Gasteiger partial charge is 0.481 e. The molecule has 3 N–H and O–H groups in total. The number of halogens is 7. The van der Waals surface area contributed by atoms with E-state index in [4.69, 9.17) is 4.52 Å². The van der Waals surface area contributed by atoms with Gasteiger partial charge in [0.25, 0.3) is 5.89 Å². The van der Waals surface area contributed by atoms with Gasteiger partial charge in [-0.05, 0) is 49.7 Å². The number of H-pyrrole nitrogens is 1. The molecule has 0 saturated carbocycles. The van der Waals surface area contributed by atoms with Crippen LogP contribution in [0.25, 0.3) is 33.9 Å². The number of ether oxygens (including phenoxy) is 1. The smallest absolute Gasteiger partial charge is 0.425 e. The van der Waals surface area contributed by atoms with Crippen LogP contribution in [0.1, 0.15) is 37.8 Å². The van der Waals surface area contributed by atoms with E-state index in [1.165, 1.54) is 0 Å². The Morgan fingerprint density at radius 3 is 2.32 bits per heavy atom. The molecule has 3 atom stereocenters. The monoisotopic (exact) mass is 566 g/mol. The van der Waals surface area contributed by atoms with Crippen LogP contribution in [0, 0.1) is 0 Å². The minimum Gasteiger partial charge on any atom is -0.481 e. The first-order valence-corrected chi connectivity index (χ1v) is 10.9. The van der Waals surface area contributed by atoms with E-state index in [0.717, 1.165) is 12.1 Å². The van der Waals surface area contributed by atoms with Gasteiger partial charge < -0.3 is 24.5 Å². The van der Waals surface area contributed by atoms with Crippen molar-refractivity contribution in [3.8, 4) is 28.6 Å². The molecule has 2 aromatic carbocycles. The molecule has 0 spiro atoms. The minimum atomic E-state index is -5.02. The van der Waals surface area contributed by atoms with E-state index in [1.54, 1.807) is 25.1 Å². The SMILES string of the molecule is CCC(O)C(O)c1nc2ccc(-c3noc(-c4ccc(OC(C)C(F)(F)F)c(C(F)(F)F)c4)n3)cc2[nH]1.Cl. The zero-order chi connectivity index (χ0) is 27.1. The van der Waals surface area contributed by atoms with E-state index >= 15 is 0 Å². The lowest BCUT2D eigenvalue weighted by Crippen LogP contribution is -2.31. The molecule has 2 aromatic heterocycles. The Bertz CT molecular complexity index is 1400. The average Bonchev–Trinajstić information content (AvgIpc) is 3.49. The van der Waals surface area contributed by atoms with Crippen LogP contribution in [0.3, 0.4) is 0 Å². The number of alkyl halides is 6. The topological polar surface area (TPSA) is 117 Å². The number of aliphatic hydroxyl groups is 2. The van der Waals surface area contributed by atoms with Crippen molar-refractivity contribution in [3.63, 3.8) is 0 Å². The van der Waals surface area contributed by atoms with Gasteiger partial charge >= 0.3 is 12.4 Å². The molecular weight excluding hydrogens is 546 g/mol. The van der Waals surface area contributed by atoms with Gasteiger partial charge in [-0.15, -0.1) is 12.4 Å². The van der Waals surface area contributed by atoms with E-state index in [-0.39, 0.29) is 35.5 Å². The number of aliphatic hydroxyl groups excluding tert-OH is 2. The summed E-state index contributed by atoms with van der Waals surface area (Å²) in [5.74, 6) is -1.13. The molecule has 0 aliphatic rings. The number of aromatic amines is 1. The zero-order valence-corrected chi connectivity index (χ0v) is 20.4. The second-order valence-electron chi connectivity index (χ2n) is 8.21. The molecule has 0 bridgehead atoms. The summed E-state index contributed by atoms with van der Waals surface area (Å²) in [4.78, 5) is 11.2. The minimum absolute atomic E-state index is 0. The predicted molar refractivity (Wildman–Crippen MR) is 124 cm³/mol. The normalized spacial score (nSPS) is 14.7. The van der Waals surface area contributed by atoms with Crippen molar-refractivity contribution in [2.24, 2.45) is 0 Å². The molecule has 0 aliphatic heterocycles. The molecule has 0 amide bonds. The molecule has 0 fully saturated rings. The Morgan fingerprint density at radius 1 is 1.00 bits per heavy atom. The second-order valence-corrected chi connectivity index (χ2v) is 8.21. The van der Waals surface area contributed by atoms with Crippen molar-refractivity contribution in [2.45, 2.75) is 50.9 Å². The molecule has 38 heavy (non-hydrogen) atoms. The van der Waals surface area contributed by atoms with Crippen LogP contribution in [-0.4, -0.2) is 48.7 Å². The summed E-state index contributed by atoms with van der Waals surface area (Å²) < 4.78 is 88.7. The Labute approximate surface area is 217 Å². The van der Waals surface area contributed by atoms with E-state index in [9.17, 15) is 36.6 Å². The predicted octanol–water partition coefficient (Wildman–Crippen LogP) is 5.85. The number of benzene rings is 2. The lowest BCUT2D eigenvalue weighted by Gasteiger charge is -2.20. The van der Waals surface area contributed by atoms with E-state index in [2.05, 4.69) is 24.8 Å². The summed E-state index contributed by atoms with van der Waals surface area (Å²) in [6.45, 7) is 2.30. The molecule has 4 aromatic rings. The summed E-state index contributed by atoms with van der Waals surface area (Å²) in [5.41, 5.74) is -0.262. The van der Waals surface area contributed by atoms with Crippen LogP contribution in [0.4, 0.5) is 26.3 Å². The highest BCUT2D eigenvalue weighted by atomic mass is 35.5. The highest BCUT2D eigenvalue weighted by Gasteiger charge is 2.41. The van der Waals surface area contributed by atoms with Gasteiger partial charge in [0.2, 0.25) is 5.82 Å². The standard InChI is InChI=1S/C23H20F6N4O4.ClH/c1-3-16(34)18(35)20-30-14-6-4-11(9-15(14)31-20)19-32-21(37-33-19)12-5-7-17(13(8-12)23(27,28)29)36-10(2)22(24,25)26;/h4-10,16,18,34-35H,3H2,1-2H3,(H,30,31);1H. The molecular formula is C23H21ClF6N4O4. The van der Waals surface area contributed by atoms with E-state index in [0.29, 0.717) is 36.0 Å². The lowest BCUT2D eigenvalue weighted by molar-refractivity contribution is -0.191. The molecule has 3 unspecified atom stereocenters. The quantitative estimate of drug-likeness (QED) is 0.240. The Morgan fingerprint density at radius 2 is 1.68 bits per heavy atom. The van der Waals surface area contributed by atoms with Gasteiger partial charge in [0.15, 0.2) is 6.10 Å². The van der Waals surface area contributed by atoms with Gasteiger partial charge in [0.05, 0.1) is 22.7 Å². The van der Waals surface area contributed by atoms with Gasteiger partial charge in [0.1, 0.15) is 17.7 Å². The first-order valence-electron chi connectivity index (χ1n) is 10.9. The summed E-state index contributed by atoms with van der Waals surface area (Å²) in [7, 11) is 0. The highest BCUT2D eigenvalue weighted by Crippen LogP contribution is 2.40. The van der Waals surface area contributed by atoms with Crippen LogP contribution >= 0.6 is 12.4 Å². The van der Waals surface area contributed by atoms with Crippen LogP contribution in [0.2, 0.25) is 0 Å². The second kappa shape index (κ2) is 10.8. The molecule has 4 rings (SSSR count). The number of hydrogen-bond acceptors (Lipinski definition) is 7. The van der Waals surface area contributed by atoms with E-state index in [1.807, 2.05) is 0 Å². The number of nitrogens with one attached hydrogen (secondary N) is 1. The Hall–Kier alpha value is -3.36. The summed E-state index contributed by atoms with van der Waals surface area (Å²) in [5, 5.41) is 23.8. The van der Waals surface area contributed by atoms with Crippen LogP contribution in [0.5, 0.6) is 5.75 Å². The van der Waals surface area contributed by atoms with Gasteiger partial charge in [-0.3, -0.25) is 0 Å². The van der Waals surface area contributed by atoms with Crippen molar-refractivity contribution in [2.75, 3.05) is 0 Å². The number of nitrogens with zero attached hydrogens (tertiary/aromatic N) is 3. The maximum atomic E-state index is 13.6. The third kappa shape index (κ3) is 6.03. The molecule has 2 heterocycles. The third-order valence-corrected chi connectivity index (χ3v) is 5.54. The van der Waals surface area contributed by atoms with Crippen LogP contribution in [-0.2, 0) is 6.18 Å². The lowest BCUT2D eigenvalue weighted by atomic mass is 10.1. The highest BCUT2D eigenvalue weighted by molar-refractivity contribution is 5.85. The molecule has 0 saturated heterocycles. The molecule has 0 aliphatic carbocycles. The first-order chi connectivity index (χ1) is 17.3. The Kier molecular flexibility index (Phi) is 8.29. The number of hydrogen-bond donors (Lipinski definition) is 3. The fraction of sp³-hybridized carbons (Fsp3) is 0.348. The maximum Gasteiger partial charge on any atom is 0.425 e. The van der Waals surface area contributed by atoms with Gasteiger partial charge in [0, 0.05) is 11.1 Å². The van der Waals surface area contributed by atoms with E-state index < -0.39 is 42.0 Å². The number of fused-ring (bicyclic) bond motifs is 1. The first kappa shape index (κ1) is 29.2. The van der Waals surface area contributed by atoms with Crippen molar-refractivity contribution in [3.05, 3.63) is 47.8 Å². The van der Waals surface area contributed by atoms with Gasteiger partial charge in [-0.25, -0.2) is 4.98 Å². The molecule has 15 heteroatoms. The third-order valence-electron chi connectivity index (χ3n) is 5.54. The maximum absolute atomic E-state index is 13.6. The van der Waals surface area contributed by atoms with Crippen molar-refractivity contribution < 1.29 is 45.8 Å². The number of imidazole rings is 1. The summed E-state index contributed by atoms with van der Waals surface area (Å²) in [6, 6.07) is 7.14. The van der Waals surface area contributed by atoms with Gasteiger partial charge in [-0.2, -0.15) is 31.3 Å². The summed E-state index contributed by atoms with van der Waals surface area (Å²) >= 11 is 0. The van der Waals surface area contributed by atoms with Crippen molar-refractivity contribution >= 4 is 23.4 Å². The van der Waals surface area contributed by atoms with Crippen molar-refractivity contribution in [1.82, 2.24) is 20.1 Å². The zero-order valence-electron chi connectivity index (χ0n) is 19.6. The van der Waals surface area contributed by atoms with Crippen LogP contribution in [0.15, 0.2) is 40.9 Å². The molecule has 8 nitrogen and oxygen atoms in total. The van der Waals surface area contributed by atoms with Crippen LogP contribution < -0.4 is 4.74 Å². The number of aromatic nitrogens is 4. The molecule has 0 radical (unpaired) electrons. The van der Waals surface area contributed by atoms with Crippen molar-refractivity contribution in [1.29, 1.82) is 0 Å². The average molecular weight is 567 g/mol. The molecule has 206 valence electrons. The van der Waals surface area contributed by atoms with Gasteiger partial charge in [-0.1, -0.05) is 12.1 Å².